The molecule has 0 spiro atoms. The molecule has 0 unspecified atom stereocenters. The van der Waals surface area contributed by atoms with Crippen LogP contribution in [0.4, 0.5) is 14.4 Å². The number of rotatable bonds is 0. The Morgan fingerprint density at radius 2 is 0.750 bits per heavy atom. The molecule has 20 heavy (non-hydrogen) atoms. The Hall–Kier alpha value is -1.41. The summed E-state index contributed by atoms with van der Waals surface area (Å²) in [5, 5.41) is 50.0. The summed E-state index contributed by atoms with van der Waals surface area (Å²) < 4.78 is 0. The van der Waals surface area contributed by atoms with Crippen molar-refractivity contribution >= 4 is 18.5 Å². The molecule has 116 valence electrons. The van der Waals surface area contributed by atoms with Crippen LogP contribution in [0.15, 0.2) is 12.2 Å². The minimum atomic E-state index is -2.33. The van der Waals surface area contributed by atoms with Crippen molar-refractivity contribution in [3.63, 3.8) is 0 Å². The van der Waals surface area contributed by atoms with E-state index in [0.717, 1.165) is 0 Å². The quantitative estimate of drug-likeness (QED) is 0.295. The molecule has 0 aliphatic heterocycles. The topological polar surface area (TPSA) is 190 Å². The predicted molar refractivity (Wildman–Crippen MR) is 43.8 cm³/mol. The Labute approximate surface area is 135 Å². The molecule has 0 fully saturated rings. The fourth-order valence-corrected chi connectivity index (χ4v) is 0.760. The minimum Gasteiger partial charge on any atom is -0.652 e. The second-order valence-corrected chi connectivity index (χ2v) is 2.51. The standard InChI is InChI=1S/C6H10.3CH2O3.2Fe/c1-2-4-6-5-3-1;3*2-1(3)4;;/h1-2H,3-6H2;3*(H2,2,3,4);;/q;;;;2*+3/p-6. The Morgan fingerprint density at radius 3 is 0.800 bits per heavy atom. The van der Waals surface area contributed by atoms with Crippen LogP contribution in [0.25, 0.3) is 0 Å². The maximum Gasteiger partial charge on any atom is 3.00 e. The minimum absolute atomic E-state index is 0. The number of hydrogen-bond donors (Lipinski definition) is 0. The molecule has 9 nitrogen and oxygen atoms in total. The van der Waals surface area contributed by atoms with Crippen molar-refractivity contribution < 1.29 is 79.2 Å². The van der Waals surface area contributed by atoms with Gasteiger partial charge >= 0.3 is 34.1 Å². The van der Waals surface area contributed by atoms with E-state index in [2.05, 4.69) is 12.2 Å². The van der Waals surface area contributed by atoms with Crippen molar-refractivity contribution in [2.45, 2.75) is 25.7 Å². The molecule has 0 heterocycles. The summed E-state index contributed by atoms with van der Waals surface area (Å²) in [5.74, 6) is 0. The predicted octanol–water partition coefficient (Wildman–Crippen LogP) is -5.23. The van der Waals surface area contributed by atoms with E-state index >= 15 is 0 Å². The summed E-state index contributed by atoms with van der Waals surface area (Å²) in [6, 6.07) is 0. The molecule has 0 atom stereocenters. The van der Waals surface area contributed by atoms with Crippen molar-refractivity contribution in [2.24, 2.45) is 0 Å². The molecule has 0 N–H and O–H groups in total. The van der Waals surface area contributed by atoms with Gasteiger partial charge in [-0.2, -0.15) is 0 Å². The first-order chi connectivity index (χ1) is 8.20. The molecule has 0 aromatic heterocycles. The first-order valence-corrected chi connectivity index (χ1v) is 4.49. The smallest absolute Gasteiger partial charge is 0.652 e. The fraction of sp³-hybridized carbons (Fsp3) is 0.444. The Bertz CT molecular complexity index is 220. The van der Waals surface area contributed by atoms with E-state index in [1.807, 2.05) is 0 Å². The Kier molecular flexibility index (Phi) is 40.8. The molecule has 11 heteroatoms. The van der Waals surface area contributed by atoms with Gasteiger partial charge in [0.1, 0.15) is 0 Å². The van der Waals surface area contributed by atoms with Crippen LogP contribution in [0, 0.1) is 0 Å². The van der Waals surface area contributed by atoms with Gasteiger partial charge in [-0.3, -0.25) is 0 Å². The van der Waals surface area contributed by atoms with E-state index in [-0.39, 0.29) is 34.1 Å². The molecule has 1 aliphatic rings. The normalized spacial score (nSPS) is 10.0. The van der Waals surface area contributed by atoms with Crippen LogP contribution in [0.5, 0.6) is 0 Å². The van der Waals surface area contributed by atoms with Crippen molar-refractivity contribution in [3.8, 4) is 0 Å². The fourth-order valence-electron chi connectivity index (χ4n) is 0.760. The molecule has 0 aromatic carbocycles. The molecular weight excluding hydrogens is 364 g/mol. The maximum atomic E-state index is 8.33. The molecule has 0 saturated carbocycles. The van der Waals surface area contributed by atoms with Gasteiger partial charge in [-0.1, -0.05) is 12.2 Å². The molecule has 0 amide bonds. The number of allylic oxidation sites excluding steroid dienone is 2. The SMILES string of the molecule is C1=CCCCC1.O=C([O-])[O-].O=C([O-])[O-].O=C([O-])[O-].[Fe+3].[Fe+3]. The van der Waals surface area contributed by atoms with Gasteiger partial charge in [0.05, 0.1) is 0 Å². The van der Waals surface area contributed by atoms with Crippen LogP contribution >= 0.6 is 0 Å². The van der Waals surface area contributed by atoms with Gasteiger partial charge in [-0.15, -0.1) is 0 Å². The van der Waals surface area contributed by atoms with E-state index in [1.54, 1.807) is 0 Å². The molecule has 0 aromatic rings. The summed E-state index contributed by atoms with van der Waals surface area (Å²) in [7, 11) is 0. The average Bonchev–Trinajstić information content (AvgIpc) is 2.17. The van der Waals surface area contributed by atoms with E-state index in [1.165, 1.54) is 25.7 Å². The summed E-state index contributed by atoms with van der Waals surface area (Å²) >= 11 is 0. The maximum absolute atomic E-state index is 8.33. The zero-order chi connectivity index (χ0) is 15.0. The number of carboxylic acid groups (broad SMARTS) is 6. The summed E-state index contributed by atoms with van der Waals surface area (Å²) in [6.07, 6.45) is 3.00. The Morgan fingerprint density at radius 1 is 0.600 bits per heavy atom. The van der Waals surface area contributed by atoms with Crippen LogP contribution in [0.3, 0.4) is 0 Å². The van der Waals surface area contributed by atoms with Crippen LogP contribution in [-0.4, -0.2) is 18.5 Å². The second kappa shape index (κ2) is 26.2. The van der Waals surface area contributed by atoms with E-state index in [4.69, 9.17) is 45.0 Å². The Balaban J connectivity index is -0.0000000496. The van der Waals surface area contributed by atoms with Crippen LogP contribution in [-0.2, 0) is 34.1 Å². The first-order valence-electron chi connectivity index (χ1n) is 4.49. The summed E-state index contributed by atoms with van der Waals surface area (Å²) in [4.78, 5) is 25.0. The summed E-state index contributed by atoms with van der Waals surface area (Å²) in [6.45, 7) is 0. The number of carbonyl (C=O) groups is 3. The molecule has 1 aliphatic carbocycles. The number of hydrogen-bond acceptors (Lipinski definition) is 9. The van der Waals surface area contributed by atoms with Gasteiger partial charge in [0, 0.05) is 0 Å². The monoisotopic (exact) mass is 374 g/mol. The van der Waals surface area contributed by atoms with E-state index < -0.39 is 18.5 Å². The third kappa shape index (κ3) is 191. The summed E-state index contributed by atoms with van der Waals surface area (Å²) in [5.41, 5.74) is 0. The first kappa shape index (κ1) is 31.1. The van der Waals surface area contributed by atoms with Gasteiger partial charge in [0.2, 0.25) is 0 Å². The van der Waals surface area contributed by atoms with Gasteiger partial charge < -0.3 is 45.0 Å². The van der Waals surface area contributed by atoms with Crippen molar-refractivity contribution in [1.29, 1.82) is 0 Å². The largest absolute Gasteiger partial charge is 3.00 e. The van der Waals surface area contributed by atoms with Crippen LogP contribution in [0.1, 0.15) is 25.7 Å². The van der Waals surface area contributed by atoms with Crippen molar-refractivity contribution in [2.75, 3.05) is 0 Å². The van der Waals surface area contributed by atoms with E-state index in [0.29, 0.717) is 0 Å². The van der Waals surface area contributed by atoms with Crippen LogP contribution in [0.2, 0.25) is 0 Å². The van der Waals surface area contributed by atoms with Gasteiger partial charge in [-0.25, -0.2) is 0 Å². The van der Waals surface area contributed by atoms with Gasteiger partial charge in [0.15, 0.2) is 0 Å². The average molecular weight is 374 g/mol. The zero-order valence-corrected chi connectivity index (χ0v) is 12.1. The second-order valence-electron chi connectivity index (χ2n) is 2.51. The van der Waals surface area contributed by atoms with Crippen LogP contribution < -0.4 is 30.6 Å². The van der Waals surface area contributed by atoms with Gasteiger partial charge in [-0.05, 0) is 44.1 Å². The number of carbonyl (C=O) groups excluding carboxylic acids is 3. The molecule has 0 bridgehead atoms. The molecular formula is C9H10Fe2O9. The third-order valence-corrected chi connectivity index (χ3v) is 1.16. The molecule has 0 saturated heterocycles. The van der Waals surface area contributed by atoms with Crippen molar-refractivity contribution in [1.82, 2.24) is 0 Å². The van der Waals surface area contributed by atoms with Gasteiger partial charge in [0.25, 0.3) is 0 Å². The van der Waals surface area contributed by atoms with Crippen molar-refractivity contribution in [3.05, 3.63) is 12.2 Å². The molecule has 1 rings (SSSR count). The van der Waals surface area contributed by atoms with E-state index in [9.17, 15) is 0 Å². The zero-order valence-electron chi connectivity index (χ0n) is 9.86. The third-order valence-electron chi connectivity index (χ3n) is 1.16. The molecule has 2 radical (unpaired) electrons.